The third-order valence-electron chi connectivity index (χ3n) is 5.26. The lowest BCUT2D eigenvalue weighted by molar-refractivity contribution is -0.121. The average molecular weight is 466 g/mol. The van der Waals surface area contributed by atoms with Crippen molar-refractivity contribution < 1.29 is 19.1 Å². The highest BCUT2D eigenvalue weighted by atomic mass is 32.2. The number of para-hydroxylation sites is 2. The fourth-order valence-corrected chi connectivity index (χ4v) is 4.34. The van der Waals surface area contributed by atoms with Gasteiger partial charge in [-0.2, -0.15) is 0 Å². The number of Topliss-reactive ketones (excluding diaryl/α,β-unsaturated/α-hetero) is 1. The molecular formula is C23H23N5O4S. The number of carbonyl (C=O) groups is 3. The molecule has 0 bridgehead atoms. The van der Waals surface area contributed by atoms with E-state index in [2.05, 4.69) is 15.5 Å². The van der Waals surface area contributed by atoms with E-state index in [9.17, 15) is 14.4 Å². The van der Waals surface area contributed by atoms with Crippen LogP contribution in [-0.4, -0.2) is 44.7 Å². The number of anilines is 2. The Hall–Kier alpha value is -3.66. The van der Waals surface area contributed by atoms with Crippen LogP contribution >= 0.6 is 11.8 Å². The second-order valence-electron chi connectivity index (χ2n) is 7.57. The van der Waals surface area contributed by atoms with Crippen LogP contribution in [0, 0.1) is 0 Å². The number of nitrogens with zero attached hydrogens (tertiary/aromatic N) is 4. The predicted molar refractivity (Wildman–Crippen MR) is 125 cm³/mol. The van der Waals surface area contributed by atoms with Gasteiger partial charge in [0.2, 0.25) is 5.91 Å². The van der Waals surface area contributed by atoms with Gasteiger partial charge in [0.15, 0.2) is 23.4 Å². The van der Waals surface area contributed by atoms with Crippen molar-refractivity contribution in [2.75, 3.05) is 22.6 Å². The third kappa shape index (κ3) is 4.75. The van der Waals surface area contributed by atoms with Crippen LogP contribution in [0.3, 0.4) is 0 Å². The van der Waals surface area contributed by atoms with Crippen LogP contribution in [0.2, 0.25) is 0 Å². The number of rotatable bonds is 7. The largest absolute Gasteiger partial charge is 0.482 e. The van der Waals surface area contributed by atoms with Crippen molar-refractivity contribution in [3.8, 4) is 5.75 Å². The Morgan fingerprint density at radius 3 is 2.76 bits per heavy atom. The molecule has 4 rings (SSSR count). The number of ether oxygens (including phenoxy) is 1. The van der Waals surface area contributed by atoms with E-state index in [1.165, 1.54) is 18.7 Å². The molecule has 9 nitrogen and oxygen atoms in total. The second-order valence-corrected chi connectivity index (χ2v) is 8.51. The lowest BCUT2D eigenvalue weighted by Gasteiger charge is -2.33. The molecule has 2 aromatic carbocycles. The first-order chi connectivity index (χ1) is 15.8. The highest BCUT2D eigenvalue weighted by Crippen LogP contribution is 2.37. The Morgan fingerprint density at radius 2 is 1.97 bits per heavy atom. The van der Waals surface area contributed by atoms with Crippen molar-refractivity contribution in [1.82, 2.24) is 14.8 Å². The summed E-state index contributed by atoms with van der Waals surface area (Å²) in [7, 11) is 1.80. The minimum absolute atomic E-state index is 0.0359. The molecule has 1 aromatic heterocycles. The van der Waals surface area contributed by atoms with Crippen LogP contribution in [0.5, 0.6) is 5.75 Å². The first-order valence-electron chi connectivity index (χ1n) is 10.3. The van der Waals surface area contributed by atoms with Gasteiger partial charge in [0.25, 0.3) is 5.91 Å². The van der Waals surface area contributed by atoms with Gasteiger partial charge in [0.1, 0.15) is 5.75 Å². The third-order valence-corrected chi connectivity index (χ3v) is 6.28. The summed E-state index contributed by atoms with van der Waals surface area (Å²) < 4.78 is 7.30. The normalized spacial score (nSPS) is 13.8. The summed E-state index contributed by atoms with van der Waals surface area (Å²) in [5.41, 5.74) is 1.78. The number of aromatic nitrogens is 3. The van der Waals surface area contributed by atoms with Gasteiger partial charge >= 0.3 is 0 Å². The maximum atomic E-state index is 12.6. The lowest BCUT2D eigenvalue weighted by Crippen LogP contribution is -2.41. The Bertz CT molecular complexity index is 1230. The molecule has 0 spiro atoms. The summed E-state index contributed by atoms with van der Waals surface area (Å²) in [4.78, 5) is 38.2. The zero-order valence-electron chi connectivity index (χ0n) is 18.4. The standard InChI is InChI=1S/C23H23N5O4S/c1-14(28-18-9-4-5-10-19(18)32-12-21(28)31)22-25-26-23(27(22)3)33-13-20(30)24-17-8-6-7-16(11-17)15(2)29/h4-11,14H,12-13H2,1-3H3,(H,24,30). The van der Waals surface area contributed by atoms with Crippen LogP contribution in [-0.2, 0) is 16.6 Å². The molecule has 0 saturated carbocycles. The minimum atomic E-state index is -0.377. The van der Waals surface area contributed by atoms with E-state index >= 15 is 0 Å². The topological polar surface area (TPSA) is 106 Å². The van der Waals surface area contributed by atoms with Crippen molar-refractivity contribution in [2.24, 2.45) is 7.05 Å². The van der Waals surface area contributed by atoms with Crippen LogP contribution in [0.25, 0.3) is 0 Å². The molecular weight excluding hydrogens is 442 g/mol. The van der Waals surface area contributed by atoms with Crippen LogP contribution < -0.4 is 15.0 Å². The van der Waals surface area contributed by atoms with E-state index in [0.717, 1.165) is 0 Å². The average Bonchev–Trinajstić information content (AvgIpc) is 3.17. The Kier molecular flexibility index (Phi) is 6.45. The van der Waals surface area contributed by atoms with Gasteiger partial charge in [-0.15, -0.1) is 10.2 Å². The van der Waals surface area contributed by atoms with E-state index in [-0.39, 0.29) is 36.0 Å². The molecule has 1 atom stereocenters. The molecule has 0 aliphatic carbocycles. The number of hydrogen-bond acceptors (Lipinski definition) is 7. The molecule has 1 aliphatic rings. The summed E-state index contributed by atoms with van der Waals surface area (Å²) in [5, 5.41) is 11.8. The maximum Gasteiger partial charge on any atom is 0.265 e. The maximum absolute atomic E-state index is 12.6. The predicted octanol–water partition coefficient (Wildman–Crippen LogP) is 3.24. The van der Waals surface area contributed by atoms with E-state index in [4.69, 9.17) is 4.74 Å². The number of hydrogen-bond donors (Lipinski definition) is 1. The molecule has 1 N–H and O–H groups in total. The van der Waals surface area contributed by atoms with Gasteiger partial charge in [-0.3, -0.25) is 19.3 Å². The Morgan fingerprint density at radius 1 is 1.18 bits per heavy atom. The number of amides is 2. The first kappa shape index (κ1) is 22.5. The molecule has 1 unspecified atom stereocenters. The van der Waals surface area contributed by atoms with Gasteiger partial charge in [-0.1, -0.05) is 36.0 Å². The quantitative estimate of drug-likeness (QED) is 0.422. The van der Waals surface area contributed by atoms with Crippen molar-refractivity contribution in [1.29, 1.82) is 0 Å². The molecule has 2 amide bonds. The van der Waals surface area contributed by atoms with E-state index in [0.29, 0.717) is 33.7 Å². The van der Waals surface area contributed by atoms with Crippen molar-refractivity contribution >= 4 is 40.7 Å². The fraction of sp³-hybridized carbons (Fsp3) is 0.261. The van der Waals surface area contributed by atoms with Gasteiger partial charge in [0, 0.05) is 18.3 Å². The van der Waals surface area contributed by atoms with Crippen LogP contribution in [0.4, 0.5) is 11.4 Å². The van der Waals surface area contributed by atoms with E-state index in [1.54, 1.807) is 40.8 Å². The fourth-order valence-electron chi connectivity index (χ4n) is 3.62. The molecule has 33 heavy (non-hydrogen) atoms. The van der Waals surface area contributed by atoms with Gasteiger partial charge in [-0.05, 0) is 38.1 Å². The second kappa shape index (κ2) is 9.45. The number of thioether (sulfide) groups is 1. The zero-order chi connectivity index (χ0) is 23.5. The van der Waals surface area contributed by atoms with Crippen molar-refractivity contribution in [3.05, 3.63) is 59.9 Å². The molecule has 3 aromatic rings. The van der Waals surface area contributed by atoms with Crippen molar-refractivity contribution in [3.63, 3.8) is 0 Å². The zero-order valence-corrected chi connectivity index (χ0v) is 19.3. The summed E-state index contributed by atoms with van der Waals surface area (Å²) in [6.45, 7) is 3.32. The van der Waals surface area contributed by atoms with Crippen LogP contribution in [0.1, 0.15) is 36.1 Å². The van der Waals surface area contributed by atoms with Gasteiger partial charge in [0.05, 0.1) is 17.5 Å². The molecule has 170 valence electrons. The number of fused-ring (bicyclic) bond motifs is 1. The highest BCUT2D eigenvalue weighted by molar-refractivity contribution is 7.99. The summed E-state index contributed by atoms with van der Waals surface area (Å²) in [5.74, 6) is 0.899. The SMILES string of the molecule is CC(=O)c1cccc(NC(=O)CSc2nnc(C(C)N3C(=O)COc4ccccc43)n2C)c1. The van der Waals surface area contributed by atoms with Crippen LogP contribution in [0.15, 0.2) is 53.7 Å². The first-order valence-corrected chi connectivity index (χ1v) is 11.3. The summed E-state index contributed by atoms with van der Waals surface area (Å²) >= 11 is 1.24. The monoisotopic (exact) mass is 465 g/mol. The van der Waals surface area contributed by atoms with E-state index < -0.39 is 0 Å². The molecule has 1 aliphatic heterocycles. The van der Waals surface area contributed by atoms with Crippen molar-refractivity contribution in [2.45, 2.75) is 25.0 Å². The molecule has 0 fully saturated rings. The Labute approximate surface area is 195 Å². The number of benzene rings is 2. The smallest absolute Gasteiger partial charge is 0.265 e. The molecule has 2 heterocycles. The molecule has 0 radical (unpaired) electrons. The summed E-state index contributed by atoms with van der Waals surface area (Å²) in [6.07, 6.45) is 0. The summed E-state index contributed by atoms with van der Waals surface area (Å²) in [6, 6.07) is 13.8. The number of nitrogens with one attached hydrogen (secondary N) is 1. The van der Waals surface area contributed by atoms with E-state index in [1.807, 2.05) is 31.2 Å². The number of ketones is 1. The molecule has 10 heteroatoms. The molecule has 0 saturated heterocycles. The van der Waals surface area contributed by atoms with Gasteiger partial charge in [-0.25, -0.2) is 0 Å². The van der Waals surface area contributed by atoms with Gasteiger partial charge < -0.3 is 14.6 Å². The minimum Gasteiger partial charge on any atom is -0.482 e. The highest BCUT2D eigenvalue weighted by Gasteiger charge is 2.32. The lowest BCUT2D eigenvalue weighted by atomic mass is 10.1. The number of carbonyl (C=O) groups excluding carboxylic acids is 3. The Balaban J connectivity index is 1.44.